The van der Waals surface area contributed by atoms with E-state index in [1.54, 1.807) is 36.5 Å². The number of aliphatic carboxylic acids is 1. The molecule has 0 radical (unpaired) electrons. The van der Waals surface area contributed by atoms with Gasteiger partial charge in [0.25, 0.3) is 0 Å². The Hall–Kier alpha value is -1.02. The molecule has 2 atom stereocenters. The zero-order valence-electron chi connectivity index (χ0n) is 7.06. The zero-order chi connectivity index (χ0) is 9.68. The molecule has 13 heavy (non-hydrogen) atoms. The summed E-state index contributed by atoms with van der Waals surface area (Å²) in [6, 6.07) is 0. The van der Waals surface area contributed by atoms with Crippen LogP contribution in [-0.4, -0.2) is 16.5 Å². The third-order valence-corrected chi connectivity index (χ3v) is 2.07. The highest BCUT2D eigenvalue weighted by Crippen LogP contribution is 2.11. The predicted molar refractivity (Wildman–Crippen MR) is 52.8 cm³/mol. The summed E-state index contributed by atoms with van der Waals surface area (Å²) in [4.78, 5) is 10.7. The number of hydrogen-bond acceptors (Lipinski definition) is 1. The summed E-state index contributed by atoms with van der Waals surface area (Å²) in [5.74, 6) is -1.25. The van der Waals surface area contributed by atoms with E-state index in [9.17, 15) is 4.79 Å². The minimum Gasteiger partial charge on any atom is -0.481 e. The van der Waals surface area contributed by atoms with Crippen molar-refractivity contribution in [2.75, 3.05) is 0 Å². The fourth-order valence-electron chi connectivity index (χ4n) is 1.05. The molecule has 1 unspecified atom stereocenters. The third kappa shape index (κ3) is 3.47. The highest BCUT2D eigenvalue weighted by Gasteiger charge is 2.11. The van der Waals surface area contributed by atoms with Crippen LogP contribution in [-0.2, 0) is 4.79 Å². The van der Waals surface area contributed by atoms with Crippen molar-refractivity contribution in [2.24, 2.45) is 5.92 Å². The van der Waals surface area contributed by atoms with E-state index >= 15 is 0 Å². The lowest BCUT2D eigenvalue weighted by atomic mass is 10.1. The second-order valence-corrected chi connectivity index (χ2v) is 3.33. The molecule has 0 heterocycles. The molecule has 0 saturated carbocycles. The Balaban J connectivity index is 2.73. The SMILES string of the molecule is O=C(O)C1/C=C\C=C/[C@H](Cl)C=CC1. The Morgan fingerprint density at radius 3 is 2.69 bits per heavy atom. The fraction of sp³-hybridized carbons (Fsp3) is 0.300. The molecule has 1 rings (SSSR count). The summed E-state index contributed by atoms with van der Waals surface area (Å²) in [7, 11) is 0. The standard InChI is InChI=1S/C10H11ClO2/c11-9-6-2-1-4-8(10(12)13)5-3-7-9/h1-4,6-9H,5H2,(H,12,13)/b4-1-,6-2-,7-3?/t8?,9-/m0/s1. The number of hydrogen-bond donors (Lipinski definition) is 1. The van der Waals surface area contributed by atoms with Crippen LogP contribution in [0.1, 0.15) is 6.42 Å². The first-order valence-electron chi connectivity index (χ1n) is 4.08. The minimum absolute atomic E-state index is 0.141. The van der Waals surface area contributed by atoms with Crippen LogP contribution < -0.4 is 0 Å². The molecule has 0 spiro atoms. The first kappa shape index (κ1) is 10.1. The number of alkyl halides is 1. The quantitative estimate of drug-likeness (QED) is 0.519. The lowest BCUT2D eigenvalue weighted by molar-refractivity contribution is -0.139. The molecule has 2 nitrogen and oxygen atoms in total. The van der Waals surface area contributed by atoms with Crippen LogP contribution in [0.15, 0.2) is 36.5 Å². The van der Waals surface area contributed by atoms with Gasteiger partial charge in [-0.1, -0.05) is 36.5 Å². The van der Waals surface area contributed by atoms with Crippen LogP contribution in [0.4, 0.5) is 0 Å². The van der Waals surface area contributed by atoms with Gasteiger partial charge in [0.15, 0.2) is 0 Å². The predicted octanol–water partition coefficient (Wildman–Crippen LogP) is 2.37. The number of rotatable bonds is 1. The van der Waals surface area contributed by atoms with Crippen LogP contribution in [0.25, 0.3) is 0 Å². The van der Waals surface area contributed by atoms with Gasteiger partial charge in [-0.05, 0) is 6.42 Å². The largest absolute Gasteiger partial charge is 0.481 e. The van der Waals surface area contributed by atoms with E-state index in [1.807, 2.05) is 0 Å². The molecule has 1 aliphatic carbocycles. The van der Waals surface area contributed by atoms with Crippen molar-refractivity contribution in [3.63, 3.8) is 0 Å². The van der Waals surface area contributed by atoms with Gasteiger partial charge in [0, 0.05) is 0 Å². The van der Waals surface area contributed by atoms with Crippen molar-refractivity contribution in [3.05, 3.63) is 36.5 Å². The molecule has 0 bridgehead atoms. The van der Waals surface area contributed by atoms with Crippen molar-refractivity contribution in [1.29, 1.82) is 0 Å². The second kappa shape index (κ2) is 4.87. The maximum absolute atomic E-state index is 10.7. The number of carboxylic acids is 1. The average Bonchev–Trinajstić information content (AvgIpc) is 2.16. The lowest BCUT2D eigenvalue weighted by Gasteiger charge is -2.01. The van der Waals surface area contributed by atoms with Gasteiger partial charge in [-0.25, -0.2) is 0 Å². The van der Waals surface area contributed by atoms with Gasteiger partial charge in [0.05, 0.1) is 11.3 Å². The summed E-state index contributed by atoms with van der Waals surface area (Å²) < 4.78 is 0. The summed E-state index contributed by atoms with van der Waals surface area (Å²) >= 11 is 5.84. The van der Waals surface area contributed by atoms with Crippen molar-refractivity contribution in [3.8, 4) is 0 Å². The van der Waals surface area contributed by atoms with Crippen molar-refractivity contribution >= 4 is 17.6 Å². The number of halogens is 1. The average molecular weight is 199 g/mol. The Morgan fingerprint density at radius 2 is 2.00 bits per heavy atom. The Labute approximate surface area is 82.2 Å². The summed E-state index contributed by atoms with van der Waals surface area (Å²) in [5.41, 5.74) is 0. The molecule has 0 amide bonds. The van der Waals surface area contributed by atoms with Crippen molar-refractivity contribution < 1.29 is 9.90 Å². The molecule has 3 heteroatoms. The van der Waals surface area contributed by atoms with Crippen molar-refractivity contribution in [2.45, 2.75) is 11.8 Å². The first-order valence-corrected chi connectivity index (χ1v) is 4.52. The molecule has 1 aliphatic rings. The van der Waals surface area contributed by atoms with Gasteiger partial charge in [-0.2, -0.15) is 0 Å². The number of carbonyl (C=O) groups is 1. The maximum Gasteiger partial charge on any atom is 0.310 e. The van der Waals surface area contributed by atoms with Gasteiger partial charge in [0.2, 0.25) is 0 Å². The van der Waals surface area contributed by atoms with Crippen LogP contribution in [0.2, 0.25) is 0 Å². The van der Waals surface area contributed by atoms with Crippen LogP contribution in [0.5, 0.6) is 0 Å². The Bertz CT molecular complexity index is 266. The topological polar surface area (TPSA) is 37.3 Å². The number of carboxylic acid groups (broad SMARTS) is 1. The van der Waals surface area contributed by atoms with E-state index in [0.717, 1.165) is 0 Å². The molecule has 0 aromatic carbocycles. The molecule has 0 saturated heterocycles. The second-order valence-electron chi connectivity index (χ2n) is 2.82. The van der Waals surface area contributed by atoms with E-state index in [2.05, 4.69) is 0 Å². The van der Waals surface area contributed by atoms with Gasteiger partial charge in [0.1, 0.15) is 0 Å². The Kier molecular flexibility index (Phi) is 3.77. The van der Waals surface area contributed by atoms with Crippen LogP contribution >= 0.6 is 11.6 Å². The molecule has 0 fully saturated rings. The van der Waals surface area contributed by atoms with E-state index in [-0.39, 0.29) is 5.38 Å². The molecule has 70 valence electrons. The normalized spacial score (nSPS) is 32.7. The Morgan fingerprint density at radius 1 is 1.31 bits per heavy atom. The maximum atomic E-state index is 10.7. The number of allylic oxidation sites excluding steroid dienone is 5. The first-order chi connectivity index (χ1) is 6.20. The third-order valence-electron chi connectivity index (χ3n) is 1.78. The van der Waals surface area contributed by atoms with Crippen LogP contribution in [0, 0.1) is 5.92 Å². The molecule has 0 aromatic heterocycles. The fourth-order valence-corrected chi connectivity index (χ4v) is 1.24. The molecular weight excluding hydrogens is 188 g/mol. The lowest BCUT2D eigenvalue weighted by Crippen LogP contribution is -2.09. The van der Waals surface area contributed by atoms with Gasteiger partial charge >= 0.3 is 5.97 Å². The van der Waals surface area contributed by atoms with Crippen molar-refractivity contribution in [1.82, 2.24) is 0 Å². The van der Waals surface area contributed by atoms with E-state index < -0.39 is 11.9 Å². The summed E-state index contributed by atoms with van der Waals surface area (Å²) in [6.45, 7) is 0. The highest BCUT2D eigenvalue weighted by molar-refractivity contribution is 6.23. The highest BCUT2D eigenvalue weighted by atomic mass is 35.5. The minimum atomic E-state index is -0.803. The van der Waals surface area contributed by atoms with Gasteiger partial charge in [-0.15, -0.1) is 11.6 Å². The van der Waals surface area contributed by atoms with E-state index in [4.69, 9.17) is 16.7 Å². The molecule has 1 N–H and O–H groups in total. The van der Waals surface area contributed by atoms with E-state index in [1.165, 1.54) is 0 Å². The van der Waals surface area contributed by atoms with Gasteiger partial charge < -0.3 is 5.11 Å². The molecule has 0 aliphatic heterocycles. The monoisotopic (exact) mass is 198 g/mol. The molecular formula is C10H11ClO2. The van der Waals surface area contributed by atoms with Crippen LogP contribution in [0.3, 0.4) is 0 Å². The van der Waals surface area contributed by atoms with Gasteiger partial charge in [-0.3, -0.25) is 4.79 Å². The summed E-state index contributed by atoms with van der Waals surface area (Å²) in [6.07, 6.45) is 11.1. The molecule has 0 aromatic rings. The smallest absolute Gasteiger partial charge is 0.310 e. The zero-order valence-corrected chi connectivity index (χ0v) is 7.82. The van der Waals surface area contributed by atoms with E-state index in [0.29, 0.717) is 6.42 Å². The summed E-state index contributed by atoms with van der Waals surface area (Å²) in [5, 5.41) is 8.63.